The summed E-state index contributed by atoms with van der Waals surface area (Å²) in [5.74, 6) is -0.794. The first-order valence-corrected chi connectivity index (χ1v) is 18.6. The number of carbonyl (C=O) groups is 2. The standard InChI is InChI=1S/C27H35N9O15P2/c1-10-3-12-13(4-11(10)2)35(24-18(32-12)25(42)34-27(43)33-24)5-14(37)19(39)15(38)6-48-52(44,45)51-53(46,47)49-7-16-20(40)21(41)26(50-16)36-9-31-17-22(28)29-8-30-23(17)36/h3-4,8-9,14-16,18-21,26,32,37-41H,5-7H2,1-2H3,(H,44,45)(H,46,47)(H2,28,29,30)(H,34,42,43)/t14-,15+,16+,18?,19-,20+,21+,26+/m0/s1. The number of ether oxygens (including phenoxy) is 1. The number of β-amino-alcohol motifs (C(OH)–C–C–N with tert-alkyl or cyclic N) is 1. The number of aliphatic imine (C=N–C) groups is 1. The Kier molecular flexibility index (Phi) is 10.7. The highest BCUT2D eigenvalue weighted by atomic mass is 31.3. The molecule has 0 spiro atoms. The summed E-state index contributed by atoms with van der Waals surface area (Å²) in [6.07, 6.45) is -9.85. The fourth-order valence-corrected chi connectivity index (χ4v) is 7.86. The summed E-state index contributed by atoms with van der Waals surface area (Å²) in [4.78, 5) is 61.8. The number of imidazole rings is 1. The van der Waals surface area contributed by atoms with E-state index >= 15 is 0 Å². The van der Waals surface area contributed by atoms with Gasteiger partial charge in [0.15, 0.2) is 23.7 Å². The molecule has 0 bridgehead atoms. The van der Waals surface area contributed by atoms with Gasteiger partial charge in [0.2, 0.25) is 0 Å². The molecule has 2 aromatic heterocycles. The SMILES string of the molecule is Cc1cc2c(cc1C)N(C[C@H](O)[C@H](O)[C@H](O)COP(=O)(O)OP(=O)(O)OC[C@H]1O[C@@H](n3cnc4c(N)ncnc43)[C@H](O)[C@@H]1O)C1=NC(=O)NC(=O)C1N2. The first kappa shape index (κ1) is 38.7. The van der Waals surface area contributed by atoms with E-state index in [4.69, 9.17) is 15.0 Å². The van der Waals surface area contributed by atoms with E-state index in [9.17, 15) is 54.0 Å². The van der Waals surface area contributed by atoms with Crippen LogP contribution in [0.4, 0.5) is 22.0 Å². The molecule has 26 heteroatoms. The Bertz CT molecular complexity index is 2050. The third kappa shape index (κ3) is 7.95. The second kappa shape index (κ2) is 14.7. The molecular weight excluding hydrogens is 752 g/mol. The number of aliphatic hydroxyl groups is 5. The molecule has 3 amide bonds. The van der Waals surface area contributed by atoms with Crippen molar-refractivity contribution in [2.45, 2.75) is 62.7 Å². The van der Waals surface area contributed by atoms with E-state index in [1.165, 1.54) is 15.8 Å². The van der Waals surface area contributed by atoms with E-state index in [1.807, 2.05) is 6.92 Å². The monoisotopic (exact) mass is 787 g/mol. The van der Waals surface area contributed by atoms with Gasteiger partial charge >= 0.3 is 21.7 Å². The van der Waals surface area contributed by atoms with Gasteiger partial charge in [-0.2, -0.15) is 9.30 Å². The number of nitrogens with one attached hydrogen (secondary N) is 2. The molecule has 3 unspecified atom stereocenters. The van der Waals surface area contributed by atoms with E-state index in [1.54, 1.807) is 19.1 Å². The van der Waals surface area contributed by atoms with Crippen molar-refractivity contribution in [1.82, 2.24) is 24.8 Å². The molecule has 1 fully saturated rings. The molecule has 11 N–H and O–H groups in total. The molecule has 1 saturated heterocycles. The van der Waals surface area contributed by atoms with Crippen molar-refractivity contribution in [3.63, 3.8) is 0 Å². The predicted octanol–water partition coefficient (Wildman–Crippen LogP) is -2.07. The number of imide groups is 1. The highest BCUT2D eigenvalue weighted by Crippen LogP contribution is 2.60. The van der Waals surface area contributed by atoms with Crippen LogP contribution in [0.5, 0.6) is 0 Å². The third-order valence-corrected chi connectivity index (χ3v) is 11.2. The van der Waals surface area contributed by atoms with Crippen LogP contribution in [0.2, 0.25) is 0 Å². The zero-order chi connectivity index (χ0) is 38.6. The average Bonchev–Trinajstić information content (AvgIpc) is 3.63. The molecule has 3 aliphatic rings. The van der Waals surface area contributed by atoms with Gasteiger partial charge in [-0.05, 0) is 37.1 Å². The number of phosphoric acid groups is 2. The Morgan fingerprint density at radius 1 is 1.00 bits per heavy atom. The van der Waals surface area contributed by atoms with Crippen LogP contribution in [-0.4, -0.2) is 135 Å². The van der Waals surface area contributed by atoms with Crippen molar-refractivity contribution in [2.24, 2.45) is 4.99 Å². The van der Waals surface area contributed by atoms with E-state index in [-0.39, 0.29) is 22.8 Å². The molecule has 24 nitrogen and oxygen atoms in total. The van der Waals surface area contributed by atoms with Gasteiger partial charge in [-0.3, -0.25) is 23.7 Å². The van der Waals surface area contributed by atoms with Gasteiger partial charge in [0.25, 0.3) is 5.91 Å². The number of nitrogens with two attached hydrogens (primary N) is 1. The minimum Gasteiger partial charge on any atom is -0.388 e. The molecule has 6 rings (SSSR count). The quantitative estimate of drug-likeness (QED) is 0.0831. The number of urea groups is 1. The fourth-order valence-electron chi connectivity index (χ4n) is 5.77. The molecule has 3 aliphatic heterocycles. The second-order valence-electron chi connectivity index (χ2n) is 12.3. The molecule has 288 valence electrons. The molecule has 5 heterocycles. The van der Waals surface area contributed by atoms with Crippen molar-refractivity contribution in [2.75, 3.05) is 35.7 Å². The minimum atomic E-state index is -5.53. The van der Waals surface area contributed by atoms with Crippen molar-refractivity contribution in [3.05, 3.63) is 35.9 Å². The number of aromatic nitrogens is 4. The number of amides is 3. The number of hydrogen-bond acceptors (Lipinski definition) is 19. The van der Waals surface area contributed by atoms with Crippen LogP contribution in [0.1, 0.15) is 17.4 Å². The Hall–Kier alpha value is -4.00. The number of aryl methyl sites for hydroxylation is 2. The summed E-state index contributed by atoms with van der Waals surface area (Å²) in [5.41, 5.74) is 8.55. The number of rotatable bonds is 13. The van der Waals surface area contributed by atoms with E-state index < -0.39 is 96.2 Å². The van der Waals surface area contributed by atoms with Crippen LogP contribution < -0.4 is 21.3 Å². The summed E-state index contributed by atoms with van der Waals surface area (Å²) in [6.45, 7) is 0.901. The number of hydrogen-bond donors (Lipinski definition) is 10. The molecular formula is C27H35N9O15P2. The first-order chi connectivity index (χ1) is 24.9. The zero-order valence-corrected chi connectivity index (χ0v) is 29.4. The fraction of sp³-hybridized carbons (Fsp3) is 0.481. The largest absolute Gasteiger partial charge is 0.481 e. The maximum atomic E-state index is 12.6. The van der Waals surface area contributed by atoms with Gasteiger partial charge in [-0.25, -0.2) is 28.9 Å². The average molecular weight is 788 g/mol. The molecule has 0 radical (unpaired) electrons. The summed E-state index contributed by atoms with van der Waals surface area (Å²) < 4.78 is 45.4. The van der Waals surface area contributed by atoms with Crippen molar-refractivity contribution >= 4 is 61.8 Å². The lowest BCUT2D eigenvalue weighted by molar-refractivity contribution is -0.119. The van der Waals surface area contributed by atoms with Gasteiger partial charge in [-0.1, -0.05) is 0 Å². The Morgan fingerprint density at radius 2 is 1.70 bits per heavy atom. The normalized spacial score (nSPS) is 26.8. The molecule has 3 aromatic rings. The van der Waals surface area contributed by atoms with Crippen LogP contribution >= 0.6 is 15.6 Å². The Labute approximate surface area is 298 Å². The van der Waals surface area contributed by atoms with Crippen LogP contribution in [0.25, 0.3) is 11.2 Å². The highest BCUT2D eigenvalue weighted by Gasteiger charge is 2.47. The van der Waals surface area contributed by atoms with Crippen LogP contribution in [-0.2, 0) is 32.0 Å². The van der Waals surface area contributed by atoms with Crippen LogP contribution in [0, 0.1) is 13.8 Å². The lowest BCUT2D eigenvalue weighted by Gasteiger charge is -2.40. The van der Waals surface area contributed by atoms with Gasteiger partial charge in [0.1, 0.15) is 54.3 Å². The second-order valence-corrected chi connectivity index (χ2v) is 15.3. The zero-order valence-electron chi connectivity index (χ0n) is 27.6. The van der Waals surface area contributed by atoms with E-state index in [0.717, 1.165) is 17.5 Å². The molecule has 10 atom stereocenters. The smallest absolute Gasteiger partial charge is 0.388 e. The number of phosphoric ester groups is 2. The van der Waals surface area contributed by atoms with Gasteiger partial charge in [0, 0.05) is 0 Å². The maximum Gasteiger partial charge on any atom is 0.481 e. The number of nitrogens with zero attached hydrogens (tertiary/aromatic N) is 6. The number of aliphatic hydroxyl groups excluding tert-OH is 5. The molecule has 0 aliphatic carbocycles. The maximum absolute atomic E-state index is 12.6. The van der Waals surface area contributed by atoms with E-state index in [0.29, 0.717) is 11.4 Å². The summed E-state index contributed by atoms with van der Waals surface area (Å²) >= 11 is 0. The highest BCUT2D eigenvalue weighted by molar-refractivity contribution is 7.61. The number of carbonyl (C=O) groups excluding carboxylic acids is 2. The number of anilines is 3. The number of fused-ring (bicyclic) bond motifs is 3. The lowest BCUT2D eigenvalue weighted by Crippen LogP contribution is -2.60. The number of nitrogen functional groups attached to an aromatic ring is 1. The van der Waals surface area contributed by atoms with E-state index in [2.05, 4.69) is 39.4 Å². The van der Waals surface area contributed by atoms with Gasteiger partial charge in [0.05, 0.1) is 37.5 Å². The predicted molar refractivity (Wildman–Crippen MR) is 178 cm³/mol. The summed E-state index contributed by atoms with van der Waals surface area (Å²) in [6, 6.07) is 1.31. The van der Waals surface area contributed by atoms with Crippen molar-refractivity contribution in [3.8, 4) is 0 Å². The summed E-state index contributed by atoms with van der Waals surface area (Å²) in [7, 11) is -11.0. The van der Waals surface area contributed by atoms with Crippen LogP contribution in [0.15, 0.2) is 29.8 Å². The first-order valence-electron chi connectivity index (χ1n) is 15.6. The topological polar surface area (TPSA) is 356 Å². The number of benzene rings is 1. The third-order valence-electron chi connectivity index (χ3n) is 8.62. The minimum absolute atomic E-state index is 0.0311. The lowest BCUT2D eigenvalue weighted by atomic mass is 10.00. The molecule has 53 heavy (non-hydrogen) atoms. The van der Waals surface area contributed by atoms with Crippen LogP contribution in [0.3, 0.4) is 0 Å². The molecule has 0 saturated carbocycles. The van der Waals surface area contributed by atoms with Gasteiger partial charge in [-0.15, -0.1) is 0 Å². The Balaban J connectivity index is 1.04. The van der Waals surface area contributed by atoms with Gasteiger partial charge < -0.3 is 56.0 Å². The Morgan fingerprint density at radius 3 is 2.43 bits per heavy atom. The van der Waals surface area contributed by atoms with Crippen molar-refractivity contribution < 1.29 is 72.1 Å². The van der Waals surface area contributed by atoms with Crippen molar-refractivity contribution in [1.29, 1.82) is 0 Å². The summed E-state index contributed by atoms with van der Waals surface area (Å²) in [5, 5.41) is 58.1. The molecule has 1 aromatic carbocycles. The number of amidine groups is 1.